The van der Waals surface area contributed by atoms with Gasteiger partial charge in [0.2, 0.25) is 5.88 Å². The maximum atomic E-state index is 12.9. The van der Waals surface area contributed by atoms with E-state index in [9.17, 15) is 8.78 Å². The lowest BCUT2D eigenvalue weighted by atomic mass is 10.0. The van der Waals surface area contributed by atoms with Crippen LogP contribution in [0.25, 0.3) is 10.9 Å². The van der Waals surface area contributed by atoms with E-state index >= 15 is 0 Å². The smallest absolute Gasteiger partial charge is 0.263 e. The Morgan fingerprint density at radius 3 is 2.67 bits per heavy atom. The van der Waals surface area contributed by atoms with Crippen LogP contribution < -0.4 is 4.74 Å². The Hall–Kier alpha value is -1.78. The van der Waals surface area contributed by atoms with Crippen molar-refractivity contribution in [3.8, 4) is 5.88 Å². The van der Waals surface area contributed by atoms with Gasteiger partial charge in [0, 0.05) is 5.56 Å². The number of hydrogen-bond donors (Lipinski definition) is 0. The second-order valence-corrected chi connectivity index (χ2v) is 4.46. The molecule has 1 heterocycles. The fraction of sp³-hybridized carbons (Fsp3) is 0.385. The molecule has 3 rings (SSSR count). The summed E-state index contributed by atoms with van der Waals surface area (Å²) in [7, 11) is 1.48. The number of hydrogen-bond acceptors (Lipinski definition) is 3. The number of halogens is 2. The van der Waals surface area contributed by atoms with E-state index in [2.05, 4.69) is 9.97 Å². The maximum Gasteiger partial charge on any atom is 0.263 e. The van der Waals surface area contributed by atoms with Crippen molar-refractivity contribution in [2.45, 2.75) is 25.2 Å². The molecule has 94 valence electrons. The first-order valence-electron chi connectivity index (χ1n) is 5.81. The van der Waals surface area contributed by atoms with Gasteiger partial charge in [0.1, 0.15) is 6.33 Å². The first-order chi connectivity index (χ1) is 8.70. The third-order valence-electron chi connectivity index (χ3n) is 3.22. The van der Waals surface area contributed by atoms with E-state index in [4.69, 9.17) is 4.74 Å². The van der Waals surface area contributed by atoms with Crippen molar-refractivity contribution < 1.29 is 13.5 Å². The zero-order valence-electron chi connectivity index (χ0n) is 9.86. The Kier molecular flexibility index (Phi) is 2.61. The van der Waals surface area contributed by atoms with Crippen molar-refractivity contribution in [3.63, 3.8) is 0 Å². The number of benzene rings is 1. The van der Waals surface area contributed by atoms with Crippen LogP contribution in [-0.4, -0.2) is 17.1 Å². The van der Waals surface area contributed by atoms with E-state index in [0.717, 1.165) is 23.9 Å². The number of rotatable bonds is 3. The quantitative estimate of drug-likeness (QED) is 0.836. The molecule has 0 unspecified atom stereocenters. The van der Waals surface area contributed by atoms with Crippen LogP contribution in [0.5, 0.6) is 5.88 Å². The highest BCUT2D eigenvalue weighted by Gasteiger charge is 2.28. The molecule has 2 aromatic rings. The van der Waals surface area contributed by atoms with E-state index in [1.165, 1.54) is 19.5 Å². The Balaban J connectivity index is 2.30. The normalized spacial score (nSPS) is 15.3. The summed E-state index contributed by atoms with van der Waals surface area (Å²) in [4.78, 5) is 8.18. The second-order valence-electron chi connectivity index (χ2n) is 4.46. The van der Waals surface area contributed by atoms with Crippen molar-refractivity contribution in [2.24, 2.45) is 0 Å². The summed E-state index contributed by atoms with van der Waals surface area (Å²) in [6.45, 7) is 0. The van der Waals surface area contributed by atoms with Crippen LogP contribution in [-0.2, 0) is 0 Å². The first-order valence-corrected chi connectivity index (χ1v) is 5.81. The fourth-order valence-corrected chi connectivity index (χ4v) is 2.19. The molecule has 0 N–H and O–H groups in total. The third kappa shape index (κ3) is 1.79. The highest BCUT2D eigenvalue weighted by Crippen LogP contribution is 2.44. The molecular formula is C13H12F2N2O. The van der Waals surface area contributed by atoms with Crippen molar-refractivity contribution >= 4 is 10.9 Å². The molecule has 1 saturated carbocycles. The van der Waals surface area contributed by atoms with Gasteiger partial charge in [-0.2, -0.15) is 0 Å². The van der Waals surface area contributed by atoms with Gasteiger partial charge in [-0.05, 0) is 36.5 Å². The van der Waals surface area contributed by atoms with Crippen LogP contribution in [0.2, 0.25) is 0 Å². The van der Waals surface area contributed by atoms with Crippen LogP contribution in [0, 0.1) is 0 Å². The van der Waals surface area contributed by atoms with E-state index in [1.54, 1.807) is 6.07 Å². The molecule has 0 aliphatic heterocycles. The minimum absolute atomic E-state index is 0.0116. The summed E-state index contributed by atoms with van der Waals surface area (Å²) < 4.78 is 30.9. The van der Waals surface area contributed by atoms with Crippen LogP contribution >= 0.6 is 0 Å². The van der Waals surface area contributed by atoms with E-state index in [0.29, 0.717) is 17.2 Å². The molecule has 18 heavy (non-hydrogen) atoms. The van der Waals surface area contributed by atoms with Crippen LogP contribution in [0.3, 0.4) is 0 Å². The van der Waals surface area contributed by atoms with E-state index in [-0.39, 0.29) is 5.56 Å². The van der Waals surface area contributed by atoms with Gasteiger partial charge in [-0.3, -0.25) is 0 Å². The van der Waals surface area contributed by atoms with E-state index in [1.807, 2.05) is 0 Å². The molecule has 3 nitrogen and oxygen atoms in total. The summed E-state index contributed by atoms with van der Waals surface area (Å²) >= 11 is 0. The molecule has 0 bridgehead atoms. The maximum absolute atomic E-state index is 12.9. The van der Waals surface area contributed by atoms with E-state index < -0.39 is 6.43 Å². The number of fused-ring (bicyclic) bond motifs is 1. The zero-order valence-corrected chi connectivity index (χ0v) is 9.86. The van der Waals surface area contributed by atoms with Crippen molar-refractivity contribution in [1.29, 1.82) is 0 Å². The zero-order chi connectivity index (χ0) is 12.7. The van der Waals surface area contributed by atoms with Crippen molar-refractivity contribution in [2.75, 3.05) is 7.11 Å². The summed E-state index contributed by atoms with van der Waals surface area (Å²) in [5, 5.41) is 0.569. The number of methoxy groups -OCH3 is 1. The molecule has 1 aromatic carbocycles. The predicted molar refractivity (Wildman–Crippen MR) is 63.0 cm³/mol. The summed E-state index contributed by atoms with van der Waals surface area (Å²) in [6, 6.07) is 2.99. The number of alkyl halides is 2. The Labute approximate surface area is 103 Å². The third-order valence-corrected chi connectivity index (χ3v) is 3.22. The number of aromatic nitrogens is 2. The molecule has 0 atom stereocenters. The average Bonchev–Trinajstić information content (AvgIpc) is 3.20. The SMILES string of the molecule is COc1ncnc2c(C3CC3)cc(C(F)F)cc12. The fourth-order valence-electron chi connectivity index (χ4n) is 2.19. The topological polar surface area (TPSA) is 35.0 Å². The minimum Gasteiger partial charge on any atom is -0.480 e. The van der Waals surface area contributed by atoms with Crippen molar-refractivity contribution in [1.82, 2.24) is 9.97 Å². The van der Waals surface area contributed by atoms with Gasteiger partial charge in [-0.25, -0.2) is 18.7 Å². The van der Waals surface area contributed by atoms with Crippen LogP contribution in [0.4, 0.5) is 8.78 Å². The molecule has 0 radical (unpaired) electrons. The van der Waals surface area contributed by atoms with Gasteiger partial charge in [-0.15, -0.1) is 0 Å². The molecule has 0 saturated heterocycles. The lowest BCUT2D eigenvalue weighted by Gasteiger charge is -2.10. The lowest BCUT2D eigenvalue weighted by Crippen LogP contribution is -1.97. The number of ether oxygens (including phenoxy) is 1. The Morgan fingerprint density at radius 1 is 1.28 bits per heavy atom. The molecule has 0 spiro atoms. The molecule has 0 amide bonds. The van der Waals surface area contributed by atoms with Gasteiger partial charge >= 0.3 is 0 Å². The monoisotopic (exact) mass is 250 g/mol. The molecule has 5 heteroatoms. The average molecular weight is 250 g/mol. The van der Waals surface area contributed by atoms with Crippen molar-refractivity contribution in [3.05, 3.63) is 29.6 Å². The molecule has 1 aliphatic rings. The van der Waals surface area contributed by atoms with Gasteiger partial charge in [0.05, 0.1) is 18.0 Å². The van der Waals surface area contributed by atoms with Gasteiger partial charge in [0.25, 0.3) is 6.43 Å². The molecule has 1 aliphatic carbocycles. The van der Waals surface area contributed by atoms with Gasteiger partial charge in [-0.1, -0.05) is 0 Å². The minimum atomic E-state index is -2.49. The summed E-state index contributed by atoms with van der Waals surface area (Å²) in [6.07, 6.45) is 0.994. The highest BCUT2D eigenvalue weighted by molar-refractivity contribution is 5.87. The second kappa shape index (κ2) is 4.15. The lowest BCUT2D eigenvalue weighted by molar-refractivity contribution is 0.151. The van der Waals surface area contributed by atoms with Gasteiger partial charge in [0.15, 0.2) is 0 Å². The summed E-state index contributed by atoms with van der Waals surface area (Å²) in [5.41, 5.74) is 1.63. The highest BCUT2D eigenvalue weighted by atomic mass is 19.3. The number of nitrogens with zero attached hydrogens (tertiary/aromatic N) is 2. The van der Waals surface area contributed by atoms with Crippen LogP contribution in [0.15, 0.2) is 18.5 Å². The predicted octanol–water partition coefficient (Wildman–Crippen LogP) is 3.45. The first kappa shape index (κ1) is 11.3. The summed E-state index contributed by atoms with van der Waals surface area (Å²) in [5.74, 6) is 0.704. The standard InChI is InChI=1S/C13H12F2N2O/c1-18-13-10-5-8(12(14)15)4-9(7-2-3-7)11(10)16-6-17-13/h4-7,12H,2-3H2,1H3. The Bertz CT molecular complexity index is 597. The van der Waals surface area contributed by atoms with Gasteiger partial charge < -0.3 is 4.74 Å². The molecule has 1 fully saturated rings. The largest absolute Gasteiger partial charge is 0.480 e. The molecule has 1 aromatic heterocycles. The Morgan fingerprint density at radius 2 is 2.06 bits per heavy atom. The van der Waals surface area contributed by atoms with Crippen LogP contribution in [0.1, 0.15) is 36.3 Å². The molecular weight excluding hydrogens is 238 g/mol.